The minimum atomic E-state index is 0.0866. The first-order valence-corrected chi connectivity index (χ1v) is 5.33. The number of carbonyl (C=O) groups is 1. The molecule has 3 unspecified atom stereocenters. The molecule has 2 heteroatoms. The minimum Gasteiger partial charge on any atom is -0.375 e. The third-order valence-corrected chi connectivity index (χ3v) is 3.54. The first-order chi connectivity index (χ1) is 6.24. The Balaban J connectivity index is 2.02. The second-order valence-electron chi connectivity index (χ2n) is 4.77. The molecule has 3 atom stereocenters. The molecule has 2 aliphatic rings. The molecule has 1 saturated carbocycles. The first-order valence-electron chi connectivity index (χ1n) is 5.33. The number of hydrogen-bond donors (Lipinski definition) is 0. The summed E-state index contributed by atoms with van der Waals surface area (Å²) < 4.78 is 5.87. The van der Waals surface area contributed by atoms with E-state index < -0.39 is 0 Å². The topological polar surface area (TPSA) is 26.3 Å². The van der Waals surface area contributed by atoms with Crippen molar-refractivity contribution in [2.24, 2.45) is 11.8 Å². The Morgan fingerprint density at radius 1 is 1.38 bits per heavy atom. The Morgan fingerprint density at radius 3 is 2.85 bits per heavy atom. The molecule has 13 heavy (non-hydrogen) atoms. The molecular formula is C11H18O2. The Labute approximate surface area is 79.7 Å². The minimum absolute atomic E-state index is 0.0866. The van der Waals surface area contributed by atoms with Gasteiger partial charge in [-0.15, -0.1) is 0 Å². The van der Waals surface area contributed by atoms with Gasteiger partial charge in [0, 0.05) is 12.5 Å². The van der Waals surface area contributed by atoms with Crippen molar-refractivity contribution in [2.45, 2.75) is 44.6 Å². The molecule has 74 valence electrons. The third-order valence-electron chi connectivity index (χ3n) is 3.54. The summed E-state index contributed by atoms with van der Waals surface area (Å²) in [6.45, 7) is 3.07. The molecule has 2 rings (SSSR count). The molecule has 2 nitrogen and oxygen atoms in total. The van der Waals surface area contributed by atoms with Crippen LogP contribution >= 0.6 is 0 Å². The van der Waals surface area contributed by atoms with E-state index in [-0.39, 0.29) is 11.5 Å². The van der Waals surface area contributed by atoms with Crippen molar-refractivity contribution in [2.75, 3.05) is 6.61 Å². The van der Waals surface area contributed by atoms with Crippen molar-refractivity contribution < 1.29 is 9.53 Å². The van der Waals surface area contributed by atoms with Gasteiger partial charge in [-0.25, -0.2) is 0 Å². The van der Waals surface area contributed by atoms with E-state index >= 15 is 0 Å². The highest BCUT2D eigenvalue weighted by molar-refractivity contribution is 5.53. The second-order valence-corrected chi connectivity index (χ2v) is 4.77. The fourth-order valence-electron chi connectivity index (χ4n) is 2.85. The van der Waals surface area contributed by atoms with Crippen molar-refractivity contribution in [1.82, 2.24) is 0 Å². The van der Waals surface area contributed by atoms with Crippen LogP contribution in [-0.4, -0.2) is 18.5 Å². The van der Waals surface area contributed by atoms with Gasteiger partial charge in [0.15, 0.2) is 0 Å². The maximum Gasteiger partial charge on any atom is 0.123 e. The van der Waals surface area contributed by atoms with E-state index in [1.165, 1.54) is 12.8 Å². The standard InChI is InChI=1S/C11H18O2/c1-9-2-4-11(6-9)7-10(8-12)3-5-13-11/h8-10H,2-7H2,1H3. The Morgan fingerprint density at radius 2 is 2.23 bits per heavy atom. The molecular weight excluding hydrogens is 164 g/mol. The average molecular weight is 182 g/mol. The maximum atomic E-state index is 10.7. The second kappa shape index (κ2) is 3.41. The van der Waals surface area contributed by atoms with E-state index in [0.717, 1.165) is 38.1 Å². The molecule has 0 radical (unpaired) electrons. The van der Waals surface area contributed by atoms with E-state index in [9.17, 15) is 4.79 Å². The molecule has 1 spiro atoms. The van der Waals surface area contributed by atoms with Crippen molar-refractivity contribution in [3.63, 3.8) is 0 Å². The van der Waals surface area contributed by atoms with E-state index in [1.54, 1.807) is 0 Å². The summed E-state index contributed by atoms with van der Waals surface area (Å²) in [5.41, 5.74) is 0.0866. The van der Waals surface area contributed by atoms with Gasteiger partial charge in [-0.1, -0.05) is 6.92 Å². The largest absolute Gasteiger partial charge is 0.375 e. The molecule has 0 aromatic heterocycles. The Kier molecular flexibility index (Phi) is 2.41. The van der Waals surface area contributed by atoms with Gasteiger partial charge in [0.05, 0.1) is 5.60 Å². The lowest BCUT2D eigenvalue weighted by Gasteiger charge is -2.36. The Bertz CT molecular complexity index is 198. The lowest BCUT2D eigenvalue weighted by atomic mass is 9.85. The number of rotatable bonds is 1. The van der Waals surface area contributed by atoms with Gasteiger partial charge in [-0.05, 0) is 38.0 Å². The van der Waals surface area contributed by atoms with Gasteiger partial charge in [-0.3, -0.25) is 0 Å². The molecule has 0 bridgehead atoms. The molecule has 1 aliphatic carbocycles. The van der Waals surface area contributed by atoms with Crippen LogP contribution in [0.25, 0.3) is 0 Å². The smallest absolute Gasteiger partial charge is 0.123 e. The molecule has 1 saturated heterocycles. The Hall–Kier alpha value is -0.370. The maximum absolute atomic E-state index is 10.7. The predicted octanol–water partition coefficient (Wildman–Crippen LogP) is 2.17. The molecule has 0 N–H and O–H groups in total. The van der Waals surface area contributed by atoms with E-state index in [0.29, 0.717) is 0 Å². The first kappa shape index (κ1) is 9.20. The normalized spacial score (nSPS) is 45.3. The van der Waals surface area contributed by atoms with Gasteiger partial charge in [-0.2, -0.15) is 0 Å². The van der Waals surface area contributed by atoms with Gasteiger partial charge >= 0.3 is 0 Å². The van der Waals surface area contributed by atoms with Crippen molar-refractivity contribution in [3.8, 4) is 0 Å². The molecule has 0 amide bonds. The molecule has 1 heterocycles. The highest BCUT2D eigenvalue weighted by atomic mass is 16.5. The van der Waals surface area contributed by atoms with E-state index in [4.69, 9.17) is 4.74 Å². The zero-order valence-corrected chi connectivity index (χ0v) is 8.29. The summed E-state index contributed by atoms with van der Waals surface area (Å²) in [6, 6.07) is 0. The number of ether oxygens (including phenoxy) is 1. The van der Waals surface area contributed by atoms with Crippen LogP contribution < -0.4 is 0 Å². The van der Waals surface area contributed by atoms with Crippen LogP contribution in [0.15, 0.2) is 0 Å². The van der Waals surface area contributed by atoms with Crippen LogP contribution in [0.2, 0.25) is 0 Å². The van der Waals surface area contributed by atoms with Crippen LogP contribution in [0.1, 0.15) is 39.0 Å². The summed E-state index contributed by atoms with van der Waals surface area (Å²) >= 11 is 0. The van der Waals surface area contributed by atoms with Gasteiger partial charge in [0.2, 0.25) is 0 Å². The molecule has 0 aromatic rings. The van der Waals surface area contributed by atoms with Crippen molar-refractivity contribution >= 4 is 6.29 Å². The summed E-state index contributed by atoms with van der Waals surface area (Å²) in [4.78, 5) is 10.7. The SMILES string of the molecule is CC1CCC2(C1)CC(C=O)CCO2. The zero-order chi connectivity index (χ0) is 9.31. The quantitative estimate of drug-likeness (QED) is 0.581. The highest BCUT2D eigenvalue weighted by Crippen LogP contribution is 2.44. The van der Waals surface area contributed by atoms with E-state index in [1.807, 2.05) is 0 Å². The van der Waals surface area contributed by atoms with E-state index in [2.05, 4.69) is 6.92 Å². The summed E-state index contributed by atoms with van der Waals surface area (Å²) in [5.74, 6) is 1.05. The van der Waals surface area contributed by atoms with Crippen molar-refractivity contribution in [3.05, 3.63) is 0 Å². The van der Waals surface area contributed by atoms with Crippen LogP contribution in [-0.2, 0) is 9.53 Å². The molecule has 0 aromatic carbocycles. The van der Waals surface area contributed by atoms with Gasteiger partial charge < -0.3 is 9.53 Å². The van der Waals surface area contributed by atoms with Crippen LogP contribution in [0.4, 0.5) is 0 Å². The number of carbonyl (C=O) groups excluding carboxylic acids is 1. The molecule has 1 aliphatic heterocycles. The van der Waals surface area contributed by atoms with Crippen LogP contribution in [0.5, 0.6) is 0 Å². The number of hydrogen-bond acceptors (Lipinski definition) is 2. The van der Waals surface area contributed by atoms with Crippen molar-refractivity contribution in [1.29, 1.82) is 0 Å². The lowest BCUT2D eigenvalue weighted by molar-refractivity contribution is -0.125. The average Bonchev–Trinajstić information content (AvgIpc) is 2.47. The summed E-state index contributed by atoms with van der Waals surface area (Å²) in [5, 5.41) is 0. The monoisotopic (exact) mass is 182 g/mol. The van der Waals surface area contributed by atoms with Crippen LogP contribution in [0, 0.1) is 11.8 Å². The fourth-order valence-corrected chi connectivity index (χ4v) is 2.85. The summed E-state index contributed by atoms with van der Waals surface area (Å²) in [7, 11) is 0. The molecule has 2 fully saturated rings. The number of aldehydes is 1. The fraction of sp³-hybridized carbons (Fsp3) is 0.909. The van der Waals surface area contributed by atoms with Gasteiger partial charge in [0.1, 0.15) is 6.29 Å². The third kappa shape index (κ3) is 1.78. The lowest BCUT2D eigenvalue weighted by Crippen LogP contribution is -2.38. The highest BCUT2D eigenvalue weighted by Gasteiger charge is 2.42. The van der Waals surface area contributed by atoms with Gasteiger partial charge in [0.25, 0.3) is 0 Å². The summed E-state index contributed by atoms with van der Waals surface area (Å²) in [6.07, 6.45) is 6.62. The predicted molar refractivity (Wildman–Crippen MR) is 50.5 cm³/mol. The zero-order valence-electron chi connectivity index (χ0n) is 8.29. The van der Waals surface area contributed by atoms with Crippen LogP contribution in [0.3, 0.4) is 0 Å².